The molecule has 0 unspecified atom stereocenters. The van der Waals surface area contributed by atoms with E-state index < -0.39 is 11.4 Å². The molecule has 1 aliphatic rings. The van der Waals surface area contributed by atoms with Gasteiger partial charge in [-0.25, -0.2) is 4.39 Å². The lowest BCUT2D eigenvalue weighted by atomic mass is 9.88. The maximum absolute atomic E-state index is 14.6. The Labute approximate surface area is 115 Å². The summed E-state index contributed by atoms with van der Waals surface area (Å²) in [6.45, 7) is 0. The SMILES string of the molecule is COc1cc(Br)c(C2(N)CCCC2)c(F)c1OC. The highest BCUT2D eigenvalue weighted by atomic mass is 79.9. The summed E-state index contributed by atoms with van der Waals surface area (Å²) >= 11 is 3.39. The number of methoxy groups -OCH3 is 2. The Bertz CT molecular complexity index is 459. The van der Waals surface area contributed by atoms with Crippen molar-refractivity contribution in [2.75, 3.05) is 14.2 Å². The smallest absolute Gasteiger partial charge is 0.197 e. The second kappa shape index (κ2) is 5.05. The van der Waals surface area contributed by atoms with Crippen molar-refractivity contribution in [2.24, 2.45) is 5.73 Å². The molecule has 1 aromatic carbocycles. The fraction of sp³-hybridized carbons (Fsp3) is 0.538. The minimum absolute atomic E-state index is 0.118. The molecule has 2 N–H and O–H groups in total. The highest BCUT2D eigenvalue weighted by molar-refractivity contribution is 9.10. The summed E-state index contributed by atoms with van der Waals surface area (Å²) in [6, 6.07) is 1.71. The van der Waals surface area contributed by atoms with E-state index in [-0.39, 0.29) is 5.75 Å². The zero-order chi connectivity index (χ0) is 13.3. The quantitative estimate of drug-likeness (QED) is 0.930. The first-order valence-electron chi connectivity index (χ1n) is 5.93. The van der Waals surface area contributed by atoms with E-state index in [1.807, 2.05) is 0 Å². The van der Waals surface area contributed by atoms with Crippen LogP contribution in [0.5, 0.6) is 11.5 Å². The van der Waals surface area contributed by atoms with Crippen LogP contribution in [-0.4, -0.2) is 14.2 Å². The molecule has 0 bridgehead atoms. The molecule has 3 nitrogen and oxygen atoms in total. The van der Waals surface area contributed by atoms with Crippen molar-refractivity contribution in [3.05, 3.63) is 21.9 Å². The molecule has 1 fully saturated rings. The molecule has 2 rings (SSSR count). The van der Waals surface area contributed by atoms with E-state index in [1.54, 1.807) is 6.07 Å². The molecule has 0 saturated heterocycles. The van der Waals surface area contributed by atoms with Crippen LogP contribution in [0, 0.1) is 5.82 Å². The predicted molar refractivity (Wildman–Crippen MR) is 71.5 cm³/mol. The lowest BCUT2D eigenvalue weighted by Gasteiger charge is -2.27. The van der Waals surface area contributed by atoms with Crippen molar-refractivity contribution >= 4 is 15.9 Å². The summed E-state index contributed by atoms with van der Waals surface area (Å²) in [5, 5.41) is 0. The Morgan fingerprint density at radius 2 is 1.89 bits per heavy atom. The fourth-order valence-corrected chi connectivity index (χ4v) is 3.41. The fourth-order valence-electron chi connectivity index (χ4n) is 2.63. The Morgan fingerprint density at radius 3 is 2.39 bits per heavy atom. The van der Waals surface area contributed by atoms with Crippen molar-refractivity contribution in [3.63, 3.8) is 0 Å². The van der Waals surface area contributed by atoms with Crippen LogP contribution >= 0.6 is 15.9 Å². The molecular formula is C13H17BrFNO2. The maximum atomic E-state index is 14.6. The third kappa shape index (κ3) is 2.10. The molecule has 1 aliphatic carbocycles. The number of hydrogen-bond donors (Lipinski definition) is 1. The molecule has 100 valence electrons. The van der Waals surface area contributed by atoms with Gasteiger partial charge >= 0.3 is 0 Å². The summed E-state index contributed by atoms with van der Waals surface area (Å²) in [5.74, 6) is 0.0628. The molecular weight excluding hydrogens is 301 g/mol. The molecule has 1 saturated carbocycles. The Hall–Kier alpha value is -0.810. The number of rotatable bonds is 3. The van der Waals surface area contributed by atoms with Crippen LogP contribution in [0.15, 0.2) is 10.5 Å². The topological polar surface area (TPSA) is 44.5 Å². The van der Waals surface area contributed by atoms with E-state index in [2.05, 4.69) is 15.9 Å². The first-order chi connectivity index (χ1) is 8.53. The van der Waals surface area contributed by atoms with Crippen molar-refractivity contribution < 1.29 is 13.9 Å². The van der Waals surface area contributed by atoms with E-state index in [0.717, 1.165) is 25.7 Å². The highest BCUT2D eigenvalue weighted by Gasteiger charge is 2.37. The third-order valence-electron chi connectivity index (χ3n) is 3.56. The standard InChI is InChI=1S/C13H17BrFNO2/c1-17-9-7-8(14)10(11(15)12(9)18-2)13(16)5-3-4-6-13/h7H,3-6,16H2,1-2H3. The monoisotopic (exact) mass is 317 g/mol. The van der Waals surface area contributed by atoms with Gasteiger partial charge in [0.25, 0.3) is 0 Å². The van der Waals surface area contributed by atoms with Crippen LogP contribution in [0.2, 0.25) is 0 Å². The van der Waals surface area contributed by atoms with Gasteiger partial charge in [0.15, 0.2) is 17.3 Å². The van der Waals surface area contributed by atoms with E-state index in [9.17, 15) is 4.39 Å². The van der Waals surface area contributed by atoms with Crippen molar-refractivity contribution in [1.29, 1.82) is 0 Å². The molecule has 18 heavy (non-hydrogen) atoms. The van der Waals surface area contributed by atoms with Crippen LogP contribution in [0.25, 0.3) is 0 Å². The van der Waals surface area contributed by atoms with Crippen LogP contribution < -0.4 is 15.2 Å². The number of halogens is 2. The van der Waals surface area contributed by atoms with Gasteiger partial charge in [-0.15, -0.1) is 0 Å². The molecule has 0 amide bonds. The normalized spacial score (nSPS) is 17.8. The molecule has 0 heterocycles. The van der Waals surface area contributed by atoms with Gasteiger partial charge in [-0.1, -0.05) is 28.8 Å². The molecule has 0 spiro atoms. The van der Waals surface area contributed by atoms with E-state index in [1.165, 1.54) is 14.2 Å². The number of benzene rings is 1. The van der Waals surface area contributed by atoms with Gasteiger partial charge in [0, 0.05) is 15.6 Å². The van der Waals surface area contributed by atoms with Gasteiger partial charge in [-0.2, -0.15) is 0 Å². The van der Waals surface area contributed by atoms with Gasteiger partial charge in [0.2, 0.25) is 0 Å². The summed E-state index contributed by atoms with van der Waals surface area (Å²) in [7, 11) is 2.91. The summed E-state index contributed by atoms with van der Waals surface area (Å²) in [5.41, 5.74) is 6.22. The number of nitrogens with two attached hydrogens (primary N) is 1. The van der Waals surface area contributed by atoms with Crippen LogP contribution in [-0.2, 0) is 5.54 Å². The number of ether oxygens (including phenoxy) is 2. The third-order valence-corrected chi connectivity index (χ3v) is 4.18. The lowest BCUT2D eigenvalue weighted by molar-refractivity contribution is 0.328. The van der Waals surface area contributed by atoms with Crippen molar-refractivity contribution in [2.45, 2.75) is 31.2 Å². The molecule has 0 radical (unpaired) electrons. The maximum Gasteiger partial charge on any atom is 0.197 e. The molecule has 0 atom stereocenters. The van der Waals surface area contributed by atoms with Gasteiger partial charge in [-0.3, -0.25) is 0 Å². The minimum atomic E-state index is -0.609. The Morgan fingerprint density at radius 1 is 1.28 bits per heavy atom. The van der Waals surface area contributed by atoms with Crippen LogP contribution in [0.1, 0.15) is 31.2 Å². The Balaban J connectivity index is 2.60. The highest BCUT2D eigenvalue weighted by Crippen LogP contribution is 2.46. The van der Waals surface area contributed by atoms with Crippen molar-refractivity contribution in [1.82, 2.24) is 0 Å². The summed E-state index contributed by atoms with van der Waals surface area (Å²) in [4.78, 5) is 0. The zero-order valence-corrected chi connectivity index (χ0v) is 12.1. The lowest BCUT2D eigenvalue weighted by Crippen LogP contribution is -2.34. The summed E-state index contributed by atoms with van der Waals surface area (Å²) < 4.78 is 25.4. The van der Waals surface area contributed by atoms with Crippen LogP contribution in [0.3, 0.4) is 0 Å². The van der Waals surface area contributed by atoms with Gasteiger partial charge in [-0.05, 0) is 18.9 Å². The van der Waals surface area contributed by atoms with Gasteiger partial charge in [0.05, 0.1) is 14.2 Å². The van der Waals surface area contributed by atoms with Gasteiger partial charge < -0.3 is 15.2 Å². The molecule has 0 aromatic heterocycles. The zero-order valence-electron chi connectivity index (χ0n) is 10.6. The molecule has 5 heteroatoms. The second-order valence-corrected chi connectivity index (χ2v) is 5.50. The second-order valence-electron chi connectivity index (χ2n) is 4.65. The predicted octanol–water partition coefficient (Wildman–Crippen LogP) is 3.33. The molecule has 1 aromatic rings. The first kappa shape index (κ1) is 13.6. The number of hydrogen-bond acceptors (Lipinski definition) is 3. The van der Waals surface area contributed by atoms with E-state index in [0.29, 0.717) is 15.8 Å². The van der Waals surface area contributed by atoms with Crippen molar-refractivity contribution in [3.8, 4) is 11.5 Å². The minimum Gasteiger partial charge on any atom is -0.493 e. The average Bonchev–Trinajstić information content (AvgIpc) is 2.76. The van der Waals surface area contributed by atoms with Gasteiger partial charge in [0.1, 0.15) is 0 Å². The van der Waals surface area contributed by atoms with E-state index in [4.69, 9.17) is 15.2 Å². The Kier molecular flexibility index (Phi) is 3.82. The largest absolute Gasteiger partial charge is 0.493 e. The van der Waals surface area contributed by atoms with E-state index >= 15 is 0 Å². The summed E-state index contributed by atoms with van der Waals surface area (Å²) in [6.07, 6.45) is 3.63. The average molecular weight is 318 g/mol. The van der Waals surface area contributed by atoms with Crippen LogP contribution in [0.4, 0.5) is 4.39 Å². The first-order valence-corrected chi connectivity index (χ1v) is 6.72. The molecule has 0 aliphatic heterocycles.